The van der Waals surface area contributed by atoms with Gasteiger partial charge in [0.05, 0.1) is 11.2 Å². The van der Waals surface area contributed by atoms with Crippen LogP contribution in [0.2, 0.25) is 0 Å². The molecule has 1 heterocycles. The molecule has 1 aromatic heterocycles. The summed E-state index contributed by atoms with van der Waals surface area (Å²) in [6, 6.07) is 3.48. The fraction of sp³-hybridized carbons (Fsp3) is 0.600. The van der Waals surface area contributed by atoms with Gasteiger partial charge in [0.2, 0.25) is 0 Å². The van der Waals surface area contributed by atoms with Crippen molar-refractivity contribution in [3.63, 3.8) is 0 Å². The minimum Gasteiger partial charge on any atom is -0.388 e. The van der Waals surface area contributed by atoms with Gasteiger partial charge in [0.15, 0.2) is 0 Å². The van der Waals surface area contributed by atoms with E-state index in [4.69, 9.17) is 0 Å². The molecule has 5 heteroatoms. The number of amides is 1. The van der Waals surface area contributed by atoms with Crippen molar-refractivity contribution in [2.75, 3.05) is 26.0 Å². The molecule has 0 aliphatic carbocycles. The van der Waals surface area contributed by atoms with Gasteiger partial charge < -0.3 is 15.3 Å². The molecule has 0 spiro atoms. The van der Waals surface area contributed by atoms with Crippen LogP contribution < -0.4 is 5.32 Å². The highest BCUT2D eigenvalue weighted by Gasteiger charge is 2.21. The molecule has 5 nitrogen and oxygen atoms in total. The highest BCUT2D eigenvalue weighted by Crippen LogP contribution is 2.17. The zero-order valence-corrected chi connectivity index (χ0v) is 13.0. The molecule has 0 aromatic carbocycles. The number of aliphatic hydroxyl groups is 1. The molecule has 1 amide bonds. The van der Waals surface area contributed by atoms with Gasteiger partial charge in [0.1, 0.15) is 5.82 Å². The van der Waals surface area contributed by atoms with Crippen molar-refractivity contribution < 1.29 is 9.90 Å². The molecule has 1 unspecified atom stereocenters. The predicted molar refractivity (Wildman–Crippen MR) is 80.8 cm³/mol. The number of nitrogens with one attached hydrogen (secondary N) is 1. The van der Waals surface area contributed by atoms with Crippen LogP contribution in [0.3, 0.4) is 0 Å². The van der Waals surface area contributed by atoms with E-state index in [0.29, 0.717) is 23.8 Å². The number of pyridine rings is 1. The average molecular weight is 279 g/mol. The lowest BCUT2D eigenvalue weighted by Gasteiger charge is -2.25. The van der Waals surface area contributed by atoms with Gasteiger partial charge in [-0.15, -0.1) is 0 Å². The Bertz CT molecular complexity index is 439. The highest BCUT2D eigenvalue weighted by atomic mass is 16.3. The quantitative estimate of drug-likeness (QED) is 0.836. The van der Waals surface area contributed by atoms with Gasteiger partial charge in [-0.3, -0.25) is 4.79 Å². The van der Waals surface area contributed by atoms with Crippen molar-refractivity contribution in [2.45, 2.75) is 32.8 Å². The van der Waals surface area contributed by atoms with Gasteiger partial charge in [-0.2, -0.15) is 0 Å². The number of carbonyl (C=O) groups excluding carboxylic acids is 1. The lowest BCUT2D eigenvalue weighted by Crippen LogP contribution is -2.35. The number of nitrogens with zero attached hydrogens (tertiary/aromatic N) is 2. The Balaban J connectivity index is 2.60. The molecular formula is C15H25N3O2. The molecule has 1 rings (SSSR count). The summed E-state index contributed by atoms with van der Waals surface area (Å²) in [6.07, 6.45) is 2.26. The Kier molecular flexibility index (Phi) is 5.51. The predicted octanol–water partition coefficient (Wildman–Crippen LogP) is 1.99. The second-order valence-corrected chi connectivity index (χ2v) is 6.08. The number of aromatic nitrogens is 1. The van der Waals surface area contributed by atoms with Crippen LogP contribution >= 0.6 is 0 Å². The number of rotatable bonds is 6. The van der Waals surface area contributed by atoms with Crippen molar-refractivity contribution in [3.8, 4) is 0 Å². The van der Waals surface area contributed by atoms with Crippen LogP contribution in [-0.2, 0) is 0 Å². The van der Waals surface area contributed by atoms with E-state index in [1.54, 1.807) is 32.4 Å². The van der Waals surface area contributed by atoms with E-state index in [-0.39, 0.29) is 5.91 Å². The summed E-state index contributed by atoms with van der Waals surface area (Å²) in [5, 5.41) is 13.3. The molecule has 0 radical (unpaired) electrons. The first-order chi connectivity index (χ1) is 9.21. The van der Waals surface area contributed by atoms with Crippen LogP contribution in [0.15, 0.2) is 18.3 Å². The third kappa shape index (κ3) is 5.17. The third-order valence-corrected chi connectivity index (χ3v) is 2.91. The molecule has 0 aliphatic rings. The maximum Gasteiger partial charge on any atom is 0.254 e. The highest BCUT2D eigenvalue weighted by molar-refractivity contribution is 5.93. The van der Waals surface area contributed by atoms with Crippen molar-refractivity contribution in [2.24, 2.45) is 5.92 Å². The monoisotopic (exact) mass is 279 g/mol. The van der Waals surface area contributed by atoms with E-state index in [1.807, 2.05) is 6.92 Å². The van der Waals surface area contributed by atoms with Crippen LogP contribution in [0, 0.1) is 5.92 Å². The topological polar surface area (TPSA) is 65.5 Å². The number of anilines is 1. The van der Waals surface area contributed by atoms with E-state index in [1.165, 1.54) is 4.90 Å². The Morgan fingerprint density at radius 1 is 1.45 bits per heavy atom. The summed E-state index contributed by atoms with van der Waals surface area (Å²) >= 11 is 0. The molecule has 0 bridgehead atoms. The first kappa shape index (κ1) is 16.4. The van der Waals surface area contributed by atoms with Crippen LogP contribution in [0.1, 0.15) is 37.6 Å². The zero-order chi connectivity index (χ0) is 15.3. The number of hydrogen-bond donors (Lipinski definition) is 2. The fourth-order valence-corrected chi connectivity index (χ4v) is 2.12. The molecule has 0 fully saturated rings. The lowest BCUT2D eigenvalue weighted by molar-refractivity contribution is 0.0514. The molecule has 0 aliphatic heterocycles. The summed E-state index contributed by atoms with van der Waals surface area (Å²) in [7, 11) is 3.41. The van der Waals surface area contributed by atoms with Crippen LogP contribution in [0.4, 0.5) is 5.82 Å². The minimum absolute atomic E-state index is 0.0733. The molecule has 0 saturated carbocycles. The summed E-state index contributed by atoms with van der Waals surface area (Å²) in [5.41, 5.74) is -0.219. The molecular weight excluding hydrogens is 254 g/mol. The maximum atomic E-state index is 11.7. The summed E-state index contributed by atoms with van der Waals surface area (Å²) in [6.45, 7) is 6.39. The SMILES string of the molecule is CC(C)CC(C)(O)CNc1ccc(C(=O)N(C)C)cn1. The fourth-order valence-electron chi connectivity index (χ4n) is 2.12. The van der Waals surface area contributed by atoms with E-state index >= 15 is 0 Å². The van der Waals surface area contributed by atoms with Crippen LogP contribution in [-0.4, -0.2) is 47.1 Å². The lowest BCUT2D eigenvalue weighted by atomic mass is 9.94. The summed E-state index contributed by atoms with van der Waals surface area (Å²) in [5.74, 6) is 1.01. The van der Waals surface area contributed by atoms with Crippen molar-refractivity contribution in [1.82, 2.24) is 9.88 Å². The summed E-state index contributed by atoms with van der Waals surface area (Å²) in [4.78, 5) is 17.4. The van der Waals surface area contributed by atoms with Gasteiger partial charge in [-0.1, -0.05) is 13.8 Å². The maximum absolute atomic E-state index is 11.7. The molecule has 1 aromatic rings. The smallest absolute Gasteiger partial charge is 0.254 e. The van der Waals surface area contributed by atoms with Gasteiger partial charge in [-0.05, 0) is 31.4 Å². The van der Waals surface area contributed by atoms with Gasteiger partial charge in [-0.25, -0.2) is 4.98 Å². The molecule has 1 atom stereocenters. The minimum atomic E-state index is -0.770. The van der Waals surface area contributed by atoms with Crippen molar-refractivity contribution in [3.05, 3.63) is 23.9 Å². The molecule has 0 saturated heterocycles. The second kappa shape index (κ2) is 6.70. The Hall–Kier alpha value is -1.62. The van der Waals surface area contributed by atoms with Gasteiger partial charge in [0.25, 0.3) is 5.91 Å². The first-order valence-electron chi connectivity index (χ1n) is 6.85. The molecule has 2 N–H and O–H groups in total. The molecule has 112 valence electrons. The molecule has 20 heavy (non-hydrogen) atoms. The van der Waals surface area contributed by atoms with Crippen molar-refractivity contribution in [1.29, 1.82) is 0 Å². The van der Waals surface area contributed by atoms with Crippen LogP contribution in [0.5, 0.6) is 0 Å². The Morgan fingerprint density at radius 3 is 2.55 bits per heavy atom. The van der Waals surface area contributed by atoms with Gasteiger partial charge >= 0.3 is 0 Å². The first-order valence-corrected chi connectivity index (χ1v) is 6.85. The van der Waals surface area contributed by atoms with Gasteiger partial charge in [0, 0.05) is 26.8 Å². The average Bonchev–Trinajstić information content (AvgIpc) is 2.34. The zero-order valence-electron chi connectivity index (χ0n) is 13.0. The standard InChI is InChI=1S/C15H25N3O2/c1-11(2)8-15(3,20)10-17-13-7-6-12(9-16-13)14(19)18(4)5/h6-7,9,11,20H,8,10H2,1-5H3,(H,16,17). The van der Waals surface area contributed by atoms with E-state index < -0.39 is 5.60 Å². The number of carbonyl (C=O) groups is 1. The largest absolute Gasteiger partial charge is 0.388 e. The van der Waals surface area contributed by atoms with E-state index in [2.05, 4.69) is 24.1 Å². The number of hydrogen-bond acceptors (Lipinski definition) is 4. The van der Waals surface area contributed by atoms with E-state index in [9.17, 15) is 9.90 Å². The van der Waals surface area contributed by atoms with E-state index in [0.717, 1.165) is 6.42 Å². The Morgan fingerprint density at radius 2 is 2.10 bits per heavy atom. The normalized spacial score (nSPS) is 13.9. The van der Waals surface area contributed by atoms with Crippen molar-refractivity contribution >= 4 is 11.7 Å². The second-order valence-electron chi connectivity index (χ2n) is 6.08. The third-order valence-electron chi connectivity index (χ3n) is 2.91. The van der Waals surface area contributed by atoms with Crippen LogP contribution in [0.25, 0.3) is 0 Å². The Labute approximate surface area is 121 Å². The summed E-state index contributed by atoms with van der Waals surface area (Å²) < 4.78 is 0.